The Hall–Kier alpha value is -2.20. The number of carbonyl (C=O) groups is 2. The van der Waals surface area contributed by atoms with Gasteiger partial charge in [-0.15, -0.1) is 0 Å². The van der Waals surface area contributed by atoms with Gasteiger partial charge < -0.3 is 5.11 Å². The second kappa shape index (κ2) is 4.20. The van der Waals surface area contributed by atoms with Crippen LogP contribution in [0.1, 0.15) is 46.4 Å². The number of aliphatic hydroxyl groups is 1. The quantitative estimate of drug-likeness (QED) is 0.887. The Morgan fingerprint density at radius 1 is 0.870 bits per heavy atom. The van der Waals surface area contributed by atoms with Gasteiger partial charge in [-0.1, -0.05) is 24.3 Å². The third-order valence-corrected chi connectivity index (χ3v) is 5.49. The molecule has 116 valence electrons. The number of amides is 2. The summed E-state index contributed by atoms with van der Waals surface area (Å²) in [6, 6.07) is 11.0. The van der Waals surface area contributed by atoms with E-state index in [-0.39, 0.29) is 23.7 Å². The van der Waals surface area contributed by atoms with Crippen LogP contribution in [0.4, 0.5) is 0 Å². The topological polar surface area (TPSA) is 57.6 Å². The highest BCUT2D eigenvalue weighted by Gasteiger charge is 2.61. The molecule has 0 bridgehead atoms. The van der Waals surface area contributed by atoms with Gasteiger partial charge in [-0.3, -0.25) is 9.59 Å². The van der Waals surface area contributed by atoms with Crippen molar-refractivity contribution in [3.05, 3.63) is 47.5 Å². The molecule has 2 saturated carbocycles. The van der Waals surface area contributed by atoms with Crippen molar-refractivity contribution >= 4 is 22.6 Å². The maximum absolute atomic E-state index is 13.1. The number of rotatable bonds is 3. The van der Waals surface area contributed by atoms with Gasteiger partial charge in [0.25, 0.3) is 11.8 Å². The van der Waals surface area contributed by atoms with Gasteiger partial charge in [0.2, 0.25) is 0 Å². The zero-order valence-electron chi connectivity index (χ0n) is 12.7. The standard InChI is InChI=1S/C19H17NO3/c21-17-14-5-1-3-11-4-2-6-15(16(11)14)18(22)20(17)19(23,12-7-8-12)13-9-10-13/h1-6,12-13,23H,7-10H2. The molecule has 0 aromatic heterocycles. The summed E-state index contributed by atoms with van der Waals surface area (Å²) < 4.78 is 0. The van der Waals surface area contributed by atoms with Crippen molar-refractivity contribution in [2.75, 3.05) is 0 Å². The predicted molar refractivity (Wildman–Crippen MR) is 84.8 cm³/mol. The summed E-state index contributed by atoms with van der Waals surface area (Å²) in [6.07, 6.45) is 3.54. The van der Waals surface area contributed by atoms with Gasteiger partial charge in [-0.05, 0) is 43.2 Å². The molecular weight excluding hydrogens is 290 g/mol. The first-order valence-electron chi connectivity index (χ1n) is 8.25. The van der Waals surface area contributed by atoms with E-state index in [1.807, 2.05) is 24.3 Å². The molecule has 2 aliphatic carbocycles. The summed E-state index contributed by atoms with van der Waals surface area (Å²) in [5.74, 6) is -0.624. The molecule has 2 aromatic rings. The molecule has 3 aliphatic rings. The van der Waals surface area contributed by atoms with E-state index in [2.05, 4.69) is 0 Å². The first kappa shape index (κ1) is 13.3. The highest BCUT2D eigenvalue weighted by Crippen LogP contribution is 2.55. The average Bonchev–Trinajstić information content (AvgIpc) is 3.43. The number of imide groups is 1. The van der Waals surface area contributed by atoms with E-state index < -0.39 is 5.72 Å². The minimum atomic E-state index is -1.30. The summed E-state index contributed by atoms with van der Waals surface area (Å²) >= 11 is 0. The SMILES string of the molecule is O=C1c2cccc3cccc(c23)C(=O)N1C(O)(C1CC1)C1CC1. The molecule has 5 rings (SSSR count). The lowest BCUT2D eigenvalue weighted by molar-refractivity contribution is -0.103. The van der Waals surface area contributed by atoms with E-state index in [4.69, 9.17) is 0 Å². The van der Waals surface area contributed by atoms with Crippen molar-refractivity contribution in [3.8, 4) is 0 Å². The van der Waals surface area contributed by atoms with Crippen LogP contribution in [0.3, 0.4) is 0 Å². The van der Waals surface area contributed by atoms with Crippen molar-refractivity contribution in [1.82, 2.24) is 4.90 Å². The zero-order valence-corrected chi connectivity index (χ0v) is 12.7. The smallest absolute Gasteiger partial charge is 0.263 e. The molecule has 0 unspecified atom stereocenters. The second-order valence-electron chi connectivity index (χ2n) is 6.99. The molecule has 1 heterocycles. The molecule has 4 heteroatoms. The zero-order chi connectivity index (χ0) is 15.8. The average molecular weight is 307 g/mol. The van der Waals surface area contributed by atoms with E-state index >= 15 is 0 Å². The maximum atomic E-state index is 13.1. The van der Waals surface area contributed by atoms with Crippen molar-refractivity contribution in [2.45, 2.75) is 31.4 Å². The molecule has 0 radical (unpaired) electrons. The molecule has 2 amide bonds. The van der Waals surface area contributed by atoms with Crippen LogP contribution in [0.5, 0.6) is 0 Å². The van der Waals surface area contributed by atoms with Gasteiger partial charge >= 0.3 is 0 Å². The summed E-state index contributed by atoms with van der Waals surface area (Å²) in [5.41, 5.74) is -0.251. The van der Waals surface area contributed by atoms with Gasteiger partial charge in [-0.2, -0.15) is 0 Å². The molecule has 2 aromatic carbocycles. The van der Waals surface area contributed by atoms with E-state index in [1.165, 1.54) is 4.90 Å². The van der Waals surface area contributed by atoms with Crippen LogP contribution in [0, 0.1) is 11.8 Å². The molecule has 1 aliphatic heterocycles. The fourth-order valence-electron chi connectivity index (χ4n) is 4.07. The third-order valence-electron chi connectivity index (χ3n) is 5.49. The Labute approximate surface area is 133 Å². The van der Waals surface area contributed by atoms with Crippen LogP contribution in [0.25, 0.3) is 10.8 Å². The van der Waals surface area contributed by atoms with Crippen LogP contribution in [0.2, 0.25) is 0 Å². The molecule has 4 nitrogen and oxygen atoms in total. The van der Waals surface area contributed by atoms with Crippen LogP contribution < -0.4 is 0 Å². The number of hydrogen-bond donors (Lipinski definition) is 1. The minimum absolute atomic E-state index is 0.0346. The summed E-state index contributed by atoms with van der Waals surface area (Å²) in [4.78, 5) is 27.3. The fourth-order valence-corrected chi connectivity index (χ4v) is 4.07. The molecule has 0 saturated heterocycles. The molecule has 2 fully saturated rings. The lowest BCUT2D eigenvalue weighted by Gasteiger charge is -2.41. The fraction of sp³-hybridized carbons (Fsp3) is 0.368. The Balaban J connectivity index is 1.74. The lowest BCUT2D eigenvalue weighted by atomic mass is 9.90. The first-order chi connectivity index (χ1) is 11.1. The second-order valence-corrected chi connectivity index (χ2v) is 6.99. The maximum Gasteiger partial charge on any atom is 0.263 e. The number of nitrogens with zero attached hydrogens (tertiary/aromatic N) is 1. The van der Waals surface area contributed by atoms with Crippen molar-refractivity contribution < 1.29 is 14.7 Å². The summed E-state index contributed by atoms with van der Waals surface area (Å²) in [6.45, 7) is 0. The minimum Gasteiger partial charge on any atom is -0.370 e. The molecule has 23 heavy (non-hydrogen) atoms. The summed E-state index contributed by atoms with van der Waals surface area (Å²) in [5, 5.41) is 12.9. The number of carbonyl (C=O) groups excluding carboxylic acids is 2. The molecular formula is C19H17NO3. The Bertz CT molecular complexity index is 801. The van der Waals surface area contributed by atoms with Gasteiger partial charge in [0.15, 0.2) is 5.72 Å². The van der Waals surface area contributed by atoms with Crippen molar-refractivity contribution in [3.63, 3.8) is 0 Å². The van der Waals surface area contributed by atoms with Gasteiger partial charge in [0, 0.05) is 28.3 Å². The van der Waals surface area contributed by atoms with Crippen LogP contribution in [-0.4, -0.2) is 27.5 Å². The van der Waals surface area contributed by atoms with Gasteiger partial charge in [-0.25, -0.2) is 4.90 Å². The normalized spacial score (nSPS) is 21.2. The Morgan fingerprint density at radius 3 is 1.78 bits per heavy atom. The number of hydrogen-bond acceptors (Lipinski definition) is 3. The van der Waals surface area contributed by atoms with E-state index in [0.29, 0.717) is 11.1 Å². The third kappa shape index (κ3) is 1.64. The molecule has 0 spiro atoms. The van der Waals surface area contributed by atoms with Crippen LogP contribution in [-0.2, 0) is 0 Å². The predicted octanol–water partition coefficient (Wildman–Crippen LogP) is 2.94. The van der Waals surface area contributed by atoms with E-state index in [9.17, 15) is 14.7 Å². The van der Waals surface area contributed by atoms with Crippen molar-refractivity contribution in [1.29, 1.82) is 0 Å². The van der Waals surface area contributed by atoms with Crippen LogP contribution in [0.15, 0.2) is 36.4 Å². The van der Waals surface area contributed by atoms with Crippen molar-refractivity contribution in [2.24, 2.45) is 11.8 Å². The highest BCUT2D eigenvalue weighted by atomic mass is 16.3. The molecule has 1 N–H and O–H groups in total. The summed E-state index contributed by atoms with van der Waals surface area (Å²) in [7, 11) is 0. The van der Waals surface area contributed by atoms with Gasteiger partial charge in [0.1, 0.15) is 0 Å². The monoisotopic (exact) mass is 307 g/mol. The Morgan fingerprint density at radius 2 is 1.35 bits per heavy atom. The molecule has 0 atom stereocenters. The van der Waals surface area contributed by atoms with E-state index in [0.717, 1.165) is 36.5 Å². The number of benzene rings is 2. The van der Waals surface area contributed by atoms with Gasteiger partial charge in [0.05, 0.1) is 0 Å². The van der Waals surface area contributed by atoms with Crippen LogP contribution >= 0.6 is 0 Å². The Kier molecular flexibility index (Phi) is 2.42. The lowest BCUT2D eigenvalue weighted by Crippen LogP contribution is -2.59. The first-order valence-corrected chi connectivity index (χ1v) is 8.25. The highest BCUT2D eigenvalue weighted by molar-refractivity contribution is 6.25. The largest absolute Gasteiger partial charge is 0.370 e. The van der Waals surface area contributed by atoms with E-state index in [1.54, 1.807) is 12.1 Å².